The van der Waals surface area contributed by atoms with Gasteiger partial charge in [0.25, 0.3) is 0 Å². The van der Waals surface area contributed by atoms with E-state index >= 15 is 0 Å². The van der Waals surface area contributed by atoms with Crippen LogP contribution >= 0.6 is 23.4 Å². The van der Waals surface area contributed by atoms with Gasteiger partial charge in [-0.25, -0.2) is 8.42 Å². The number of thioether (sulfide) groups is 1. The molecule has 0 radical (unpaired) electrons. The van der Waals surface area contributed by atoms with Gasteiger partial charge in [0, 0.05) is 34.8 Å². The number of sulfonamides is 1. The van der Waals surface area contributed by atoms with Crippen LogP contribution in [-0.2, 0) is 10.0 Å². The van der Waals surface area contributed by atoms with Crippen LogP contribution in [0.3, 0.4) is 0 Å². The van der Waals surface area contributed by atoms with Crippen molar-refractivity contribution in [3.63, 3.8) is 0 Å². The average molecular weight is 335 g/mol. The third-order valence-electron chi connectivity index (χ3n) is 3.55. The monoisotopic (exact) mass is 334 g/mol. The highest BCUT2D eigenvalue weighted by atomic mass is 35.5. The zero-order valence-electron chi connectivity index (χ0n) is 11.6. The Hall–Kier alpha value is -0.430. The lowest BCUT2D eigenvalue weighted by Crippen LogP contribution is -2.41. The molecule has 0 spiro atoms. The molecule has 1 heterocycles. The summed E-state index contributed by atoms with van der Waals surface area (Å²) in [5, 5.41) is 0.749. The van der Waals surface area contributed by atoms with Crippen LogP contribution in [0.25, 0.3) is 0 Å². The molecule has 1 aromatic carbocycles. The Balaban J connectivity index is 2.35. The van der Waals surface area contributed by atoms with Crippen molar-refractivity contribution in [3.8, 4) is 0 Å². The first-order chi connectivity index (χ1) is 9.36. The molecule has 1 fully saturated rings. The minimum Gasteiger partial charge on any atom is -0.398 e. The number of anilines is 1. The molecule has 2 N–H and O–H groups in total. The summed E-state index contributed by atoms with van der Waals surface area (Å²) in [5.41, 5.74) is 6.96. The van der Waals surface area contributed by atoms with E-state index in [1.54, 1.807) is 6.92 Å². The van der Waals surface area contributed by atoms with Crippen LogP contribution < -0.4 is 5.73 Å². The fraction of sp³-hybridized carbons (Fsp3) is 0.538. The lowest BCUT2D eigenvalue weighted by atomic mass is 10.2. The van der Waals surface area contributed by atoms with Crippen LogP contribution in [0.5, 0.6) is 0 Å². The molecule has 1 aliphatic rings. The van der Waals surface area contributed by atoms with Crippen molar-refractivity contribution in [2.75, 3.05) is 24.6 Å². The van der Waals surface area contributed by atoms with E-state index < -0.39 is 10.0 Å². The Kier molecular flexibility index (Phi) is 4.89. The minimum atomic E-state index is -3.51. The smallest absolute Gasteiger partial charge is 0.243 e. The third-order valence-corrected chi connectivity index (χ3v) is 7.16. The number of nitrogens with zero attached hydrogens (tertiary/aromatic N) is 1. The summed E-state index contributed by atoms with van der Waals surface area (Å²) in [6.07, 6.45) is 0.966. The first-order valence-corrected chi connectivity index (χ1v) is 9.40. The van der Waals surface area contributed by atoms with E-state index in [1.807, 2.05) is 11.8 Å². The Morgan fingerprint density at radius 2 is 2.20 bits per heavy atom. The zero-order chi connectivity index (χ0) is 14.9. The largest absolute Gasteiger partial charge is 0.398 e. The summed E-state index contributed by atoms with van der Waals surface area (Å²) in [6, 6.07) is 2.99. The fourth-order valence-corrected chi connectivity index (χ4v) is 5.36. The van der Waals surface area contributed by atoms with Crippen LogP contribution in [0.1, 0.15) is 18.9 Å². The summed E-state index contributed by atoms with van der Waals surface area (Å²) in [6.45, 7) is 4.94. The molecule has 1 saturated heterocycles. The number of benzene rings is 1. The van der Waals surface area contributed by atoms with Gasteiger partial charge in [-0.15, -0.1) is 0 Å². The van der Waals surface area contributed by atoms with E-state index in [4.69, 9.17) is 17.3 Å². The molecular weight excluding hydrogens is 316 g/mol. The molecule has 112 valence electrons. The molecule has 0 aliphatic carbocycles. The molecule has 4 nitrogen and oxygen atoms in total. The predicted molar refractivity (Wildman–Crippen MR) is 85.9 cm³/mol. The number of rotatable bonds is 3. The Morgan fingerprint density at radius 1 is 1.50 bits per heavy atom. The first kappa shape index (κ1) is 15.9. The van der Waals surface area contributed by atoms with Gasteiger partial charge < -0.3 is 5.73 Å². The van der Waals surface area contributed by atoms with Crippen LogP contribution in [0, 0.1) is 6.92 Å². The Bertz CT molecular complexity index is 581. The van der Waals surface area contributed by atoms with Gasteiger partial charge in [-0.2, -0.15) is 16.1 Å². The van der Waals surface area contributed by atoms with Crippen molar-refractivity contribution in [2.45, 2.75) is 30.4 Å². The maximum atomic E-state index is 12.7. The van der Waals surface area contributed by atoms with Crippen molar-refractivity contribution in [1.29, 1.82) is 0 Å². The van der Waals surface area contributed by atoms with E-state index in [1.165, 1.54) is 16.4 Å². The zero-order valence-corrected chi connectivity index (χ0v) is 14.0. The second-order valence-electron chi connectivity index (χ2n) is 4.88. The number of nitrogen functional groups attached to an aromatic ring is 1. The number of hydrogen-bond acceptors (Lipinski definition) is 4. The summed E-state index contributed by atoms with van der Waals surface area (Å²) >= 11 is 7.88. The molecule has 1 aromatic rings. The van der Waals surface area contributed by atoms with Crippen molar-refractivity contribution in [1.82, 2.24) is 4.31 Å². The van der Waals surface area contributed by atoms with Crippen molar-refractivity contribution in [2.24, 2.45) is 0 Å². The topological polar surface area (TPSA) is 63.4 Å². The van der Waals surface area contributed by atoms with Gasteiger partial charge in [0.2, 0.25) is 10.0 Å². The highest BCUT2D eigenvalue weighted by Gasteiger charge is 2.30. The normalized spacial score (nSPS) is 21.1. The Labute approximate surface area is 129 Å². The summed E-state index contributed by atoms with van der Waals surface area (Å²) < 4.78 is 26.9. The van der Waals surface area contributed by atoms with Gasteiger partial charge in [-0.3, -0.25) is 0 Å². The molecule has 0 aromatic heterocycles. The SMILES string of the molecule is CCC1CN(S(=O)(=O)c2cc(N)c(C)c(Cl)c2)CCS1. The van der Waals surface area contributed by atoms with E-state index in [9.17, 15) is 8.42 Å². The number of hydrogen-bond donors (Lipinski definition) is 1. The molecule has 20 heavy (non-hydrogen) atoms. The standard InChI is InChI=1S/C13H19ClN2O2S2/c1-3-10-8-16(4-5-19-10)20(17,18)11-6-12(14)9(2)13(15)7-11/h6-7,10H,3-5,8,15H2,1-2H3. The maximum absolute atomic E-state index is 12.7. The molecule has 1 unspecified atom stereocenters. The van der Waals surface area contributed by atoms with Crippen molar-refractivity contribution >= 4 is 39.1 Å². The van der Waals surface area contributed by atoms with E-state index in [0.717, 1.165) is 12.2 Å². The molecular formula is C13H19ClN2O2S2. The molecule has 1 aliphatic heterocycles. The molecule has 0 amide bonds. The Morgan fingerprint density at radius 3 is 2.80 bits per heavy atom. The van der Waals surface area contributed by atoms with Crippen molar-refractivity contribution < 1.29 is 8.42 Å². The van der Waals surface area contributed by atoms with Gasteiger partial charge in [-0.1, -0.05) is 18.5 Å². The fourth-order valence-electron chi connectivity index (χ4n) is 2.13. The van der Waals surface area contributed by atoms with E-state index in [2.05, 4.69) is 6.92 Å². The van der Waals surface area contributed by atoms with Crippen LogP contribution in [0.4, 0.5) is 5.69 Å². The van der Waals surface area contributed by atoms with Crippen LogP contribution in [0.2, 0.25) is 5.02 Å². The second-order valence-corrected chi connectivity index (χ2v) is 8.64. The predicted octanol–water partition coefficient (Wildman–Crippen LogP) is 2.75. The van der Waals surface area contributed by atoms with Crippen LogP contribution in [-0.4, -0.2) is 36.8 Å². The van der Waals surface area contributed by atoms with Crippen molar-refractivity contribution in [3.05, 3.63) is 22.7 Å². The highest BCUT2D eigenvalue weighted by Crippen LogP contribution is 2.30. The molecule has 1 atom stereocenters. The van der Waals surface area contributed by atoms with E-state index in [-0.39, 0.29) is 4.90 Å². The summed E-state index contributed by atoms with van der Waals surface area (Å²) in [5.74, 6) is 0.826. The van der Waals surface area contributed by atoms with Gasteiger partial charge in [-0.05, 0) is 31.0 Å². The molecule has 0 saturated carbocycles. The summed E-state index contributed by atoms with van der Waals surface area (Å²) in [7, 11) is -3.51. The van der Waals surface area contributed by atoms with Gasteiger partial charge in [0.1, 0.15) is 0 Å². The molecule has 2 rings (SSSR count). The lowest BCUT2D eigenvalue weighted by molar-refractivity contribution is 0.416. The van der Waals surface area contributed by atoms with E-state index in [0.29, 0.717) is 34.6 Å². The van der Waals surface area contributed by atoms with Crippen LogP contribution in [0.15, 0.2) is 17.0 Å². The van der Waals surface area contributed by atoms with Gasteiger partial charge >= 0.3 is 0 Å². The third kappa shape index (κ3) is 3.08. The maximum Gasteiger partial charge on any atom is 0.243 e. The molecule has 7 heteroatoms. The second kappa shape index (κ2) is 6.13. The molecule has 0 bridgehead atoms. The quantitative estimate of drug-likeness (QED) is 0.863. The van der Waals surface area contributed by atoms with Gasteiger partial charge in [0.05, 0.1) is 4.90 Å². The van der Waals surface area contributed by atoms with Gasteiger partial charge in [0.15, 0.2) is 0 Å². The average Bonchev–Trinajstić information content (AvgIpc) is 2.44. The number of nitrogens with two attached hydrogens (primary N) is 1. The lowest BCUT2D eigenvalue weighted by Gasteiger charge is -2.31. The highest BCUT2D eigenvalue weighted by molar-refractivity contribution is 8.00. The number of halogens is 1. The summed E-state index contributed by atoms with van der Waals surface area (Å²) in [4.78, 5) is 0.187. The minimum absolute atomic E-state index is 0.187. The first-order valence-electron chi connectivity index (χ1n) is 6.53.